The number of aromatic nitrogens is 2. The molecule has 0 spiro atoms. The van der Waals surface area contributed by atoms with Crippen molar-refractivity contribution in [2.75, 3.05) is 7.11 Å². The summed E-state index contributed by atoms with van der Waals surface area (Å²) in [6, 6.07) is 0.259. The molecule has 1 fully saturated rings. The van der Waals surface area contributed by atoms with Gasteiger partial charge in [0.15, 0.2) is 11.4 Å². The number of ether oxygens (including phenoxy) is 1. The van der Waals surface area contributed by atoms with Crippen LogP contribution in [-0.2, 0) is 0 Å². The van der Waals surface area contributed by atoms with Crippen molar-refractivity contribution in [1.82, 2.24) is 9.78 Å². The van der Waals surface area contributed by atoms with Crippen LogP contribution >= 0.6 is 0 Å². The molecule has 13 heavy (non-hydrogen) atoms. The Labute approximate surface area is 74.9 Å². The summed E-state index contributed by atoms with van der Waals surface area (Å²) in [6.07, 6.45) is 3.46. The summed E-state index contributed by atoms with van der Waals surface area (Å²) in [5, 5.41) is 12.9. The minimum atomic E-state index is -0.985. The molecule has 0 aromatic carbocycles. The van der Waals surface area contributed by atoms with Crippen LogP contribution < -0.4 is 4.74 Å². The largest absolute Gasteiger partial charge is 0.493 e. The first-order chi connectivity index (χ1) is 6.24. The molecule has 2 rings (SSSR count). The average molecular weight is 182 g/mol. The van der Waals surface area contributed by atoms with Crippen molar-refractivity contribution < 1.29 is 14.6 Å². The van der Waals surface area contributed by atoms with Crippen LogP contribution in [0.5, 0.6) is 5.75 Å². The summed E-state index contributed by atoms with van der Waals surface area (Å²) < 4.78 is 6.43. The zero-order valence-corrected chi connectivity index (χ0v) is 7.23. The molecule has 0 aliphatic heterocycles. The fourth-order valence-corrected chi connectivity index (χ4v) is 1.30. The number of aromatic carboxylic acids is 1. The predicted octanol–water partition coefficient (Wildman–Crippen LogP) is 0.925. The van der Waals surface area contributed by atoms with E-state index in [1.807, 2.05) is 0 Å². The van der Waals surface area contributed by atoms with E-state index in [2.05, 4.69) is 5.10 Å². The molecule has 1 aliphatic rings. The molecule has 70 valence electrons. The number of methoxy groups -OCH3 is 1. The third-order valence-corrected chi connectivity index (χ3v) is 2.08. The zero-order valence-electron chi connectivity index (χ0n) is 7.23. The SMILES string of the molecule is COc1cnn(C2CC2)c1C(=O)O. The molecule has 5 nitrogen and oxygen atoms in total. The van der Waals surface area contributed by atoms with Gasteiger partial charge in [0.2, 0.25) is 0 Å². The van der Waals surface area contributed by atoms with E-state index >= 15 is 0 Å². The maximum atomic E-state index is 10.9. The van der Waals surface area contributed by atoms with Gasteiger partial charge in [0.1, 0.15) is 0 Å². The number of rotatable bonds is 3. The maximum absolute atomic E-state index is 10.9. The van der Waals surface area contributed by atoms with Crippen molar-refractivity contribution in [1.29, 1.82) is 0 Å². The fraction of sp³-hybridized carbons (Fsp3) is 0.500. The van der Waals surface area contributed by atoms with Crippen LogP contribution in [0.4, 0.5) is 0 Å². The van der Waals surface area contributed by atoms with E-state index in [0.29, 0.717) is 5.75 Å². The van der Waals surface area contributed by atoms with Crippen molar-refractivity contribution >= 4 is 5.97 Å². The Balaban J connectivity index is 2.44. The summed E-state index contributed by atoms with van der Waals surface area (Å²) in [5.74, 6) is -0.652. The Morgan fingerprint density at radius 2 is 2.46 bits per heavy atom. The van der Waals surface area contributed by atoms with Crippen LogP contribution in [0.3, 0.4) is 0 Å². The highest BCUT2D eigenvalue weighted by Crippen LogP contribution is 2.37. The highest BCUT2D eigenvalue weighted by molar-refractivity contribution is 5.88. The van der Waals surface area contributed by atoms with E-state index in [-0.39, 0.29) is 11.7 Å². The van der Waals surface area contributed by atoms with Gasteiger partial charge in [-0.1, -0.05) is 0 Å². The van der Waals surface area contributed by atoms with E-state index in [1.165, 1.54) is 18.0 Å². The van der Waals surface area contributed by atoms with Crippen molar-refractivity contribution in [2.24, 2.45) is 0 Å². The molecule has 0 bridgehead atoms. The second kappa shape index (κ2) is 2.76. The second-order valence-corrected chi connectivity index (χ2v) is 3.04. The molecule has 1 heterocycles. The lowest BCUT2D eigenvalue weighted by Gasteiger charge is -2.02. The molecule has 1 aromatic rings. The fourth-order valence-electron chi connectivity index (χ4n) is 1.30. The normalized spacial score (nSPS) is 15.8. The molecule has 5 heteroatoms. The number of hydrogen-bond acceptors (Lipinski definition) is 3. The first-order valence-electron chi connectivity index (χ1n) is 4.09. The molecule has 1 aliphatic carbocycles. The Morgan fingerprint density at radius 1 is 1.77 bits per heavy atom. The van der Waals surface area contributed by atoms with Gasteiger partial charge in [-0.3, -0.25) is 4.68 Å². The summed E-state index contributed by atoms with van der Waals surface area (Å²) in [6.45, 7) is 0. The van der Waals surface area contributed by atoms with Crippen LogP contribution in [0.1, 0.15) is 29.4 Å². The minimum Gasteiger partial charge on any atom is -0.493 e. The van der Waals surface area contributed by atoms with Crippen molar-refractivity contribution in [3.63, 3.8) is 0 Å². The lowest BCUT2D eigenvalue weighted by atomic mass is 10.4. The predicted molar refractivity (Wildman–Crippen MR) is 44.0 cm³/mol. The lowest BCUT2D eigenvalue weighted by molar-refractivity contribution is 0.0679. The van der Waals surface area contributed by atoms with Gasteiger partial charge < -0.3 is 9.84 Å². The number of carbonyl (C=O) groups is 1. The summed E-state index contributed by atoms with van der Waals surface area (Å²) in [7, 11) is 1.45. The Morgan fingerprint density at radius 3 is 2.92 bits per heavy atom. The first kappa shape index (κ1) is 8.10. The van der Waals surface area contributed by atoms with Crippen molar-refractivity contribution in [2.45, 2.75) is 18.9 Å². The highest BCUT2D eigenvalue weighted by atomic mass is 16.5. The Hall–Kier alpha value is -1.52. The van der Waals surface area contributed by atoms with Crippen LogP contribution in [-0.4, -0.2) is 28.0 Å². The summed E-state index contributed by atoms with van der Waals surface area (Å²) in [4.78, 5) is 10.9. The molecule has 0 saturated heterocycles. The molecule has 1 aromatic heterocycles. The van der Waals surface area contributed by atoms with Crippen LogP contribution in [0, 0.1) is 0 Å². The molecule has 0 radical (unpaired) electrons. The average Bonchev–Trinajstić information content (AvgIpc) is 2.84. The smallest absolute Gasteiger partial charge is 0.358 e. The molecule has 0 amide bonds. The molecular formula is C8H10N2O3. The van der Waals surface area contributed by atoms with Crippen LogP contribution in [0.15, 0.2) is 6.20 Å². The molecular weight excluding hydrogens is 172 g/mol. The molecule has 1 saturated carbocycles. The number of nitrogens with zero attached hydrogens (tertiary/aromatic N) is 2. The van der Waals surface area contributed by atoms with Gasteiger partial charge in [-0.25, -0.2) is 4.79 Å². The first-order valence-corrected chi connectivity index (χ1v) is 4.09. The van der Waals surface area contributed by atoms with Gasteiger partial charge in [0.05, 0.1) is 19.3 Å². The minimum absolute atomic E-state index is 0.157. The van der Waals surface area contributed by atoms with Crippen molar-refractivity contribution in [3.8, 4) is 5.75 Å². The van der Waals surface area contributed by atoms with Gasteiger partial charge in [-0.15, -0.1) is 0 Å². The summed E-state index contributed by atoms with van der Waals surface area (Å²) in [5.41, 5.74) is 0.157. The number of carboxylic acids is 1. The van der Waals surface area contributed by atoms with E-state index in [9.17, 15) is 4.79 Å². The van der Waals surface area contributed by atoms with Gasteiger partial charge in [-0.2, -0.15) is 5.10 Å². The van der Waals surface area contributed by atoms with E-state index in [4.69, 9.17) is 9.84 Å². The summed E-state index contributed by atoms with van der Waals surface area (Å²) >= 11 is 0. The van der Waals surface area contributed by atoms with Gasteiger partial charge in [0, 0.05) is 0 Å². The molecule has 0 unspecified atom stereocenters. The Kier molecular flexibility index (Phi) is 1.72. The van der Waals surface area contributed by atoms with Crippen LogP contribution in [0.25, 0.3) is 0 Å². The van der Waals surface area contributed by atoms with E-state index in [1.54, 1.807) is 0 Å². The quantitative estimate of drug-likeness (QED) is 0.755. The zero-order chi connectivity index (χ0) is 9.42. The maximum Gasteiger partial charge on any atom is 0.358 e. The van der Waals surface area contributed by atoms with Gasteiger partial charge >= 0.3 is 5.97 Å². The molecule has 0 atom stereocenters. The molecule has 1 N–H and O–H groups in total. The topological polar surface area (TPSA) is 64.4 Å². The third kappa shape index (κ3) is 1.26. The number of carboxylic acid groups (broad SMARTS) is 1. The van der Waals surface area contributed by atoms with Crippen molar-refractivity contribution in [3.05, 3.63) is 11.9 Å². The second-order valence-electron chi connectivity index (χ2n) is 3.04. The van der Waals surface area contributed by atoms with Crippen LogP contribution in [0.2, 0.25) is 0 Å². The standard InChI is InChI=1S/C8H10N2O3/c1-13-6-4-9-10(5-2-3-5)7(6)8(11)12/h4-5H,2-3H2,1H3,(H,11,12). The van der Waals surface area contributed by atoms with Gasteiger partial charge in [-0.05, 0) is 12.8 Å². The Bertz CT molecular complexity index is 341. The van der Waals surface area contributed by atoms with E-state index in [0.717, 1.165) is 12.8 Å². The van der Waals surface area contributed by atoms with Gasteiger partial charge in [0.25, 0.3) is 0 Å². The highest BCUT2D eigenvalue weighted by Gasteiger charge is 2.30. The third-order valence-electron chi connectivity index (χ3n) is 2.08. The number of hydrogen-bond donors (Lipinski definition) is 1. The monoisotopic (exact) mass is 182 g/mol. The van der Waals surface area contributed by atoms with E-state index < -0.39 is 5.97 Å². The lowest BCUT2D eigenvalue weighted by Crippen LogP contribution is -2.09.